The number of rotatable bonds is 7. The van der Waals surface area contributed by atoms with Crippen molar-refractivity contribution in [3.8, 4) is 17.1 Å². The van der Waals surface area contributed by atoms with Gasteiger partial charge in [0.1, 0.15) is 5.75 Å². The summed E-state index contributed by atoms with van der Waals surface area (Å²) in [7, 11) is 1.49. The minimum atomic E-state index is -0.660. The lowest BCUT2D eigenvalue weighted by atomic mass is 10.3. The van der Waals surface area contributed by atoms with Crippen molar-refractivity contribution in [1.29, 1.82) is 0 Å². The average molecular weight is 408 g/mol. The fourth-order valence-corrected chi connectivity index (χ4v) is 2.96. The maximum Gasteiger partial charge on any atom is 0.330 e. The Hall–Kier alpha value is -2.98. The molecule has 0 saturated heterocycles. The minimum absolute atomic E-state index is 0.251. The van der Waals surface area contributed by atoms with Gasteiger partial charge in [0.15, 0.2) is 13.2 Å². The Balaban J connectivity index is 1.47. The first kappa shape index (κ1) is 18.8. The largest absolute Gasteiger partial charge is 0.495 e. The van der Waals surface area contributed by atoms with Gasteiger partial charge in [0.25, 0.3) is 5.91 Å². The molecule has 0 fully saturated rings. The van der Waals surface area contributed by atoms with Crippen molar-refractivity contribution in [2.45, 2.75) is 6.54 Å². The van der Waals surface area contributed by atoms with Crippen LogP contribution in [-0.2, 0) is 20.9 Å². The predicted molar refractivity (Wildman–Crippen MR) is 98.7 cm³/mol. The van der Waals surface area contributed by atoms with Crippen molar-refractivity contribution < 1.29 is 19.1 Å². The molecule has 140 valence electrons. The molecule has 3 rings (SSSR count). The fraction of sp³-hybridized carbons (Fsp3) is 0.188. The molecule has 0 aliphatic rings. The molecule has 0 atom stereocenters. The molecule has 1 amide bonds. The van der Waals surface area contributed by atoms with E-state index in [1.807, 2.05) is 16.8 Å². The van der Waals surface area contributed by atoms with Gasteiger partial charge >= 0.3 is 5.97 Å². The highest BCUT2D eigenvalue weighted by Gasteiger charge is 2.13. The molecule has 0 saturated carbocycles. The number of nitrogens with one attached hydrogen (secondary N) is 1. The van der Waals surface area contributed by atoms with Crippen molar-refractivity contribution in [3.05, 3.63) is 40.0 Å². The molecule has 3 aromatic rings. The second-order valence-corrected chi connectivity index (χ2v) is 6.40. The smallest absolute Gasteiger partial charge is 0.330 e. The van der Waals surface area contributed by atoms with Crippen LogP contribution in [0.4, 0.5) is 5.69 Å². The van der Waals surface area contributed by atoms with Crippen LogP contribution in [0, 0.1) is 0 Å². The molecule has 27 heavy (non-hydrogen) atoms. The van der Waals surface area contributed by atoms with Gasteiger partial charge in [0, 0.05) is 16.6 Å². The van der Waals surface area contributed by atoms with Gasteiger partial charge < -0.3 is 14.8 Å². The third-order valence-electron chi connectivity index (χ3n) is 3.30. The lowest BCUT2D eigenvalue weighted by Crippen LogP contribution is -2.23. The van der Waals surface area contributed by atoms with Crippen LogP contribution in [0.15, 0.2) is 35.0 Å². The summed E-state index contributed by atoms with van der Waals surface area (Å²) in [4.78, 5) is 24.8. The summed E-state index contributed by atoms with van der Waals surface area (Å²) < 4.78 is 9.95. The van der Waals surface area contributed by atoms with E-state index in [1.54, 1.807) is 12.1 Å². The van der Waals surface area contributed by atoms with Gasteiger partial charge in [-0.2, -0.15) is 16.1 Å². The van der Waals surface area contributed by atoms with Gasteiger partial charge in [-0.25, -0.2) is 4.79 Å². The summed E-state index contributed by atoms with van der Waals surface area (Å²) >= 11 is 7.49. The number of halogens is 1. The van der Waals surface area contributed by atoms with Crippen molar-refractivity contribution in [2.75, 3.05) is 19.0 Å². The van der Waals surface area contributed by atoms with Crippen LogP contribution in [0.5, 0.6) is 5.75 Å². The number of thiophene rings is 1. The number of esters is 1. The number of carbonyl (C=O) groups excluding carboxylic acids is 2. The zero-order valence-electron chi connectivity index (χ0n) is 14.1. The van der Waals surface area contributed by atoms with E-state index in [4.69, 9.17) is 21.1 Å². The Morgan fingerprint density at radius 3 is 2.89 bits per heavy atom. The molecule has 0 spiro atoms. The summed E-state index contributed by atoms with van der Waals surface area (Å²) in [6, 6.07) is 6.62. The van der Waals surface area contributed by atoms with Crippen molar-refractivity contribution in [2.24, 2.45) is 0 Å². The highest BCUT2D eigenvalue weighted by atomic mass is 35.5. The van der Waals surface area contributed by atoms with Gasteiger partial charge in [-0.1, -0.05) is 11.6 Å². The Morgan fingerprint density at radius 2 is 2.19 bits per heavy atom. The molecule has 0 aliphatic heterocycles. The number of aromatic nitrogens is 4. The van der Waals surface area contributed by atoms with Gasteiger partial charge in [0.2, 0.25) is 5.82 Å². The molecule has 11 heteroatoms. The third kappa shape index (κ3) is 5.02. The summed E-state index contributed by atoms with van der Waals surface area (Å²) in [6.45, 7) is -0.701. The Bertz CT molecular complexity index is 944. The quantitative estimate of drug-likeness (QED) is 0.598. The van der Waals surface area contributed by atoms with E-state index in [0.29, 0.717) is 22.3 Å². The zero-order chi connectivity index (χ0) is 19.2. The molecule has 1 aromatic carbocycles. The van der Waals surface area contributed by atoms with E-state index in [0.717, 1.165) is 10.4 Å². The molecule has 0 aliphatic carbocycles. The number of ether oxygens (including phenoxy) is 2. The lowest BCUT2D eigenvalue weighted by Gasteiger charge is -2.08. The molecule has 1 N–H and O–H groups in total. The second-order valence-electron chi connectivity index (χ2n) is 5.21. The molecule has 0 unspecified atom stereocenters. The zero-order valence-corrected chi connectivity index (χ0v) is 15.7. The lowest BCUT2D eigenvalue weighted by molar-refractivity contribution is -0.148. The standard InChI is InChI=1S/C16H14ClN5O4S/c1-25-13-3-2-11(6-12(13)17)18-14(23)8-26-15(24)7-22-20-16(19-21-22)10-4-5-27-9-10/h2-6,9H,7-8H2,1H3,(H,18,23). The minimum Gasteiger partial charge on any atom is -0.495 e. The van der Waals surface area contributed by atoms with Crippen molar-refractivity contribution in [3.63, 3.8) is 0 Å². The number of benzene rings is 1. The van der Waals surface area contributed by atoms with E-state index >= 15 is 0 Å². The number of amides is 1. The van der Waals surface area contributed by atoms with Crippen LogP contribution >= 0.6 is 22.9 Å². The maximum absolute atomic E-state index is 11.9. The van der Waals surface area contributed by atoms with Gasteiger partial charge in [-0.05, 0) is 34.9 Å². The number of methoxy groups -OCH3 is 1. The number of nitrogens with zero attached hydrogens (tertiary/aromatic N) is 4. The molecular weight excluding hydrogens is 394 g/mol. The predicted octanol–water partition coefficient (Wildman–Crippen LogP) is 2.25. The SMILES string of the molecule is COc1ccc(NC(=O)COC(=O)Cn2nnc(-c3ccsc3)n2)cc1Cl. The summed E-state index contributed by atoms with van der Waals surface area (Å²) in [5.74, 6) is -0.260. The molecular formula is C16H14ClN5O4S. The Morgan fingerprint density at radius 1 is 1.33 bits per heavy atom. The molecule has 9 nitrogen and oxygen atoms in total. The first-order chi connectivity index (χ1) is 13.0. The highest BCUT2D eigenvalue weighted by molar-refractivity contribution is 7.08. The van der Waals surface area contributed by atoms with E-state index in [1.165, 1.54) is 24.5 Å². The van der Waals surface area contributed by atoms with E-state index in [2.05, 4.69) is 20.7 Å². The van der Waals surface area contributed by atoms with Gasteiger partial charge in [-0.3, -0.25) is 4.79 Å². The third-order valence-corrected chi connectivity index (χ3v) is 4.28. The van der Waals surface area contributed by atoms with Crippen LogP contribution in [-0.4, -0.2) is 45.8 Å². The number of hydrogen-bond donors (Lipinski definition) is 1. The van der Waals surface area contributed by atoms with Crippen LogP contribution in [0.25, 0.3) is 11.4 Å². The monoisotopic (exact) mass is 407 g/mol. The maximum atomic E-state index is 11.9. The van der Waals surface area contributed by atoms with Gasteiger partial charge in [0.05, 0.1) is 12.1 Å². The first-order valence-corrected chi connectivity index (χ1v) is 8.96. The number of carbonyl (C=O) groups is 2. The number of tetrazole rings is 1. The average Bonchev–Trinajstić information content (AvgIpc) is 3.32. The van der Waals surface area contributed by atoms with Crippen LogP contribution < -0.4 is 10.1 Å². The highest BCUT2D eigenvalue weighted by Crippen LogP contribution is 2.27. The number of hydrogen-bond acceptors (Lipinski definition) is 8. The first-order valence-electron chi connectivity index (χ1n) is 7.64. The molecule has 2 heterocycles. The van der Waals surface area contributed by atoms with Crippen LogP contribution in [0.1, 0.15) is 0 Å². The summed E-state index contributed by atoms with van der Waals surface area (Å²) in [5, 5.41) is 18.4. The Labute approximate surface area is 162 Å². The molecule has 0 radical (unpaired) electrons. The van der Waals surface area contributed by atoms with Crippen molar-refractivity contribution in [1.82, 2.24) is 20.2 Å². The normalized spacial score (nSPS) is 10.4. The van der Waals surface area contributed by atoms with Crippen molar-refractivity contribution >= 4 is 40.5 Å². The van der Waals surface area contributed by atoms with E-state index < -0.39 is 18.5 Å². The summed E-state index contributed by atoms with van der Waals surface area (Å²) in [6.07, 6.45) is 0. The van der Waals surface area contributed by atoms with E-state index in [9.17, 15) is 9.59 Å². The van der Waals surface area contributed by atoms with Gasteiger partial charge in [-0.15, -0.1) is 10.2 Å². The second kappa shape index (κ2) is 8.60. The molecule has 0 bridgehead atoms. The summed E-state index contributed by atoms with van der Waals surface area (Å²) in [5.41, 5.74) is 1.28. The van der Waals surface area contributed by atoms with Crippen LogP contribution in [0.2, 0.25) is 5.02 Å². The number of anilines is 1. The molecule has 2 aromatic heterocycles. The Kier molecular flexibility index (Phi) is 5.99. The van der Waals surface area contributed by atoms with Crippen LogP contribution in [0.3, 0.4) is 0 Å². The fourth-order valence-electron chi connectivity index (χ4n) is 2.07. The topological polar surface area (TPSA) is 108 Å². The van der Waals surface area contributed by atoms with E-state index in [-0.39, 0.29) is 6.54 Å².